The van der Waals surface area contributed by atoms with E-state index in [1.165, 1.54) is 19.2 Å². The van der Waals surface area contributed by atoms with Gasteiger partial charge in [-0.15, -0.1) is 0 Å². The third-order valence-electron chi connectivity index (χ3n) is 2.57. The number of methoxy groups -OCH3 is 1. The van der Waals surface area contributed by atoms with Gasteiger partial charge in [-0.2, -0.15) is 0 Å². The summed E-state index contributed by atoms with van der Waals surface area (Å²) in [7, 11) is -2.66. The van der Waals surface area contributed by atoms with E-state index in [2.05, 4.69) is 9.71 Å². The molecule has 1 aromatic carbocycles. The second kappa shape index (κ2) is 5.74. The fourth-order valence-electron chi connectivity index (χ4n) is 1.49. The van der Waals surface area contributed by atoms with Gasteiger partial charge in [0.15, 0.2) is 0 Å². The third-order valence-corrected chi connectivity index (χ3v) is 4.21. The molecule has 2 rings (SSSR count). The Hall–Kier alpha value is -2.06. The summed E-state index contributed by atoms with van der Waals surface area (Å²) in [5.41, 5.74) is 5.16. The molecule has 0 aliphatic rings. The van der Waals surface area contributed by atoms with Gasteiger partial charge >= 0.3 is 0 Å². The topological polar surface area (TPSA) is 94.3 Å². The molecule has 112 valence electrons. The van der Waals surface area contributed by atoms with Gasteiger partial charge in [-0.05, 0) is 18.2 Å². The highest BCUT2D eigenvalue weighted by Gasteiger charge is 2.18. The molecule has 2 aromatic rings. The number of hydrogen-bond acceptors (Lipinski definition) is 5. The van der Waals surface area contributed by atoms with Crippen LogP contribution in [-0.4, -0.2) is 20.5 Å². The number of nitrogens with two attached hydrogens (primary N) is 1. The van der Waals surface area contributed by atoms with Crippen molar-refractivity contribution in [3.8, 4) is 5.75 Å². The van der Waals surface area contributed by atoms with Gasteiger partial charge < -0.3 is 10.5 Å². The Morgan fingerprint density at radius 1 is 1.38 bits per heavy atom. The first kappa shape index (κ1) is 15.3. The van der Waals surface area contributed by atoms with E-state index in [9.17, 15) is 12.8 Å². The highest BCUT2D eigenvalue weighted by molar-refractivity contribution is 7.92. The molecule has 0 saturated heterocycles. The SMILES string of the molecule is COc1ccc(F)c(NS(=O)(=O)c2cnc(N)c(Cl)c2)c1. The number of nitrogens with zero attached hydrogens (tertiary/aromatic N) is 1. The minimum absolute atomic E-state index is 0.00294. The number of nitrogens with one attached hydrogen (secondary N) is 1. The molecule has 0 aliphatic carbocycles. The van der Waals surface area contributed by atoms with Crippen LogP contribution < -0.4 is 15.2 Å². The van der Waals surface area contributed by atoms with E-state index in [-0.39, 0.29) is 21.4 Å². The van der Waals surface area contributed by atoms with Gasteiger partial charge in [0.05, 0.1) is 17.8 Å². The number of aromatic nitrogens is 1. The summed E-state index contributed by atoms with van der Waals surface area (Å²) >= 11 is 5.73. The van der Waals surface area contributed by atoms with Crippen LogP contribution in [0.15, 0.2) is 35.4 Å². The number of rotatable bonds is 4. The van der Waals surface area contributed by atoms with E-state index in [1.807, 2.05) is 0 Å². The number of benzene rings is 1. The average Bonchev–Trinajstić information content (AvgIpc) is 2.44. The van der Waals surface area contributed by atoms with Crippen molar-refractivity contribution in [1.29, 1.82) is 0 Å². The van der Waals surface area contributed by atoms with E-state index >= 15 is 0 Å². The van der Waals surface area contributed by atoms with Crippen LogP contribution in [0.3, 0.4) is 0 Å². The number of pyridine rings is 1. The van der Waals surface area contributed by atoms with E-state index in [4.69, 9.17) is 22.1 Å². The van der Waals surface area contributed by atoms with Gasteiger partial charge in [-0.3, -0.25) is 4.72 Å². The lowest BCUT2D eigenvalue weighted by Crippen LogP contribution is -2.14. The van der Waals surface area contributed by atoms with Crippen LogP contribution in [0, 0.1) is 5.82 Å². The fraction of sp³-hybridized carbons (Fsp3) is 0.0833. The second-order valence-corrected chi connectivity index (χ2v) is 6.08. The van der Waals surface area contributed by atoms with Crippen LogP contribution in [-0.2, 0) is 10.0 Å². The van der Waals surface area contributed by atoms with Gasteiger partial charge in [0.2, 0.25) is 0 Å². The summed E-state index contributed by atoms with van der Waals surface area (Å²) < 4.78 is 45.0. The first-order valence-corrected chi connectivity index (χ1v) is 7.47. The maximum Gasteiger partial charge on any atom is 0.263 e. The van der Waals surface area contributed by atoms with Crippen LogP contribution >= 0.6 is 11.6 Å². The van der Waals surface area contributed by atoms with Gasteiger partial charge in [0, 0.05) is 12.3 Å². The number of halogens is 2. The zero-order chi connectivity index (χ0) is 15.6. The minimum atomic E-state index is -4.05. The summed E-state index contributed by atoms with van der Waals surface area (Å²) in [5, 5.41) is -0.0102. The van der Waals surface area contributed by atoms with Gasteiger partial charge in [-0.25, -0.2) is 17.8 Å². The van der Waals surface area contributed by atoms with E-state index in [0.29, 0.717) is 5.75 Å². The van der Waals surface area contributed by atoms with Crippen LogP contribution in [0.4, 0.5) is 15.9 Å². The summed E-state index contributed by atoms with van der Waals surface area (Å²) in [6.45, 7) is 0. The molecule has 0 saturated carbocycles. The molecule has 1 aromatic heterocycles. The van der Waals surface area contributed by atoms with Crippen molar-refractivity contribution in [2.24, 2.45) is 0 Å². The molecule has 9 heteroatoms. The fourth-order valence-corrected chi connectivity index (χ4v) is 2.75. The molecule has 21 heavy (non-hydrogen) atoms. The Bertz CT molecular complexity index is 783. The Labute approximate surface area is 125 Å². The van der Waals surface area contributed by atoms with Crippen molar-refractivity contribution in [2.45, 2.75) is 4.90 Å². The molecule has 0 unspecified atom stereocenters. The van der Waals surface area contributed by atoms with Gasteiger partial charge in [0.1, 0.15) is 22.3 Å². The molecule has 0 bridgehead atoms. The molecule has 6 nitrogen and oxygen atoms in total. The largest absolute Gasteiger partial charge is 0.497 e. The minimum Gasteiger partial charge on any atom is -0.497 e. The number of sulfonamides is 1. The predicted octanol–water partition coefficient (Wildman–Crippen LogP) is 2.27. The Kier molecular flexibility index (Phi) is 4.19. The zero-order valence-corrected chi connectivity index (χ0v) is 12.4. The highest BCUT2D eigenvalue weighted by Crippen LogP contribution is 2.25. The van der Waals surface area contributed by atoms with Crippen molar-refractivity contribution in [1.82, 2.24) is 4.98 Å². The molecule has 0 fully saturated rings. The number of anilines is 2. The lowest BCUT2D eigenvalue weighted by atomic mass is 10.3. The summed E-state index contributed by atoms with van der Waals surface area (Å²) in [4.78, 5) is 3.42. The molecule has 0 atom stereocenters. The number of nitrogen functional groups attached to an aromatic ring is 1. The number of ether oxygens (including phenoxy) is 1. The number of hydrogen-bond donors (Lipinski definition) is 2. The van der Waals surface area contributed by atoms with Crippen LogP contribution in [0.1, 0.15) is 0 Å². The molecular formula is C12H11ClFN3O3S. The first-order chi connectivity index (χ1) is 9.83. The Morgan fingerprint density at radius 3 is 2.71 bits per heavy atom. The zero-order valence-electron chi connectivity index (χ0n) is 10.8. The monoisotopic (exact) mass is 331 g/mol. The first-order valence-electron chi connectivity index (χ1n) is 5.61. The molecule has 0 amide bonds. The quantitative estimate of drug-likeness (QED) is 0.896. The smallest absolute Gasteiger partial charge is 0.263 e. The maximum absolute atomic E-state index is 13.7. The summed E-state index contributed by atoms with van der Waals surface area (Å²) in [6.07, 6.45) is 1.03. The van der Waals surface area contributed by atoms with Crippen LogP contribution in [0.5, 0.6) is 5.75 Å². The molecule has 0 spiro atoms. The highest BCUT2D eigenvalue weighted by atomic mass is 35.5. The molecule has 0 radical (unpaired) electrons. The summed E-state index contributed by atoms with van der Waals surface area (Å²) in [6, 6.07) is 4.81. The predicted molar refractivity (Wildman–Crippen MR) is 77.4 cm³/mol. The molecular weight excluding hydrogens is 321 g/mol. The van der Waals surface area contributed by atoms with Crippen molar-refractivity contribution in [3.05, 3.63) is 41.3 Å². The van der Waals surface area contributed by atoms with Crippen molar-refractivity contribution >= 4 is 33.1 Å². The van der Waals surface area contributed by atoms with Crippen LogP contribution in [0.2, 0.25) is 5.02 Å². The summed E-state index contributed by atoms with van der Waals surface area (Å²) in [5.74, 6) is -0.431. The lowest BCUT2D eigenvalue weighted by Gasteiger charge is -2.10. The van der Waals surface area contributed by atoms with E-state index < -0.39 is 15.8 Å². The van der Waals surface area contributed by atoms with Crippen molar-refractivity contribution < 1.29 is 17.5 Å². The molecule has 3 N–H and O–H groups in total. The normalized spacial score (nSPS) is 11.2. The standard InChI is InChI=1S/C12H11ClFN3O3S/c1-20-7-2-3-10(14)11(4-7)17-21(18,19)8-5-9(13)12(15)16-6-8/h2-6,17H,1H3,(H2,15,16). The van der Waals surface area contributed by atoms with Gasteiger partial charge in [-0.1, -0.05) is 11.6 Å². The van der Waals surface area contributed by atoms with Crippen molar-refractivity contribution in [3.63, 3.8) is 0 Å². The van der Waals surface area contributed by atoms with E-state index in [0.717, 1.165) is 18.3 Å². The Morgan fingerprint density at radius 2 is 2.10 bits per heavy atom. The average molecular weight is 332 g/mol. The second-order valence-electron chi connectivity index (χ2n) is 3.99. The van der Waals surface area contributed by atoms with E-state index in [1.54, 1.807) is 0 Å². The van der Waals surface area contributed by atoms with Crippen molar-refractivity contribution in [2.75, 3.05) is 17.6 Å². The molecule has 0 aliphatic heterocycles. The van der Waals surface area contributed by atoms with Gasteiger partial charge in [0.25, 0.3) is 10.0 Å². The maximum atomic E-state index is 13.7. The third kappa shape index (κ3) is 3.34. The Balaban J connectivity index is 2.39. The lowest BCUT2D eigenvalue weighted by molar-refractivity contribution is 0.414. The van der Waals surface area contributed by atoms with Crippen LogP contribution in [0.25, 0.3) is 0 Å². The molecule has 1 heterocycles.